The summed E-state index contributed by atoms with van der Waals surface area (Å²) in [6.07, 6.45) is 5.15. The number of nitrogens with one attached hydrogen (secondary N) is 3. The lowest BCUT2D eigenvalue weighted by molar-refractivity contribution is -0.143. The summed E-state index contributed by atoms with van der Waals surface area (Å²) < 4.78 is 44.5. The summed E-state index contributed by atoms with van der Waals surface area (Å²) in [6, 6.07) is 4.90. The summed E-state index contributed by atoms with van der Waals surface area (Å²) in [5.41, 5.74) is -2.77. The van der Waals surface area contributed by atoms with Crippen molar-refractivity contribution < 1.29 is 41.8 Å². The van der Waals surface area contributed by atoms with Crippen LogP contribution in [0.1, 0.15) is 77.7 Å². The van der Waals surface area contributed by atoms with E-state index in [1.54, 1.807) is 31.4 Å². The highest BCUT2D eigenvalue weighted by molar-refractivity contribution is 7.91. The van der Waals surface area contributed by atoms with E-state index in [2.05, 4.69) is 21.9 Å². The van der Waals surface area contributed by atoms with Gasteiger partial charge >= 0.3 is 6.09 Å². The zero-order chi connectivity index (χ0) is 35.1. The van der Waals surface area contributed by atoms with E-state index in [1.807, 2.05) is 20.8 Å². The first-order chi connectivity index (χ1) is 22.6. The van der Waals surface area contributed by atoms with E-state index in [1.165, 1.54) is 18.1 Å². The molecule has 0 spiro atoms. The molecule has 264 valence electrons. The van der Waals surface area contributed by atoms with Crippen LogP contribution < -0.4 is 20.1 Å². The largest absolute Gasteiger partial charge is 0.497 e. The number of likely N-dealkylation sites (tertiary alicyclic amines) is 1. The molecule has 3 aliphatic carbocycles. The van der Waals surface area contributed by atoms with Crippen molar-refractivity contribution in [3.63, 3.8) is 0 Å². The van der Waals surface area contributed by atoms with Gasteiger partial charge in [0, 0.05) is 19.4 Å². The molecule has 1 aromatic carbocycles. The van der Waals surface area contributed by atoms with Crippen LogP contribution in [-0.2, 0) is 39.5 Å². The van der Waals surface area contributed by atoms with Crippen molar-refractivity contribution in [3.05, 3.63) is 42.5 Å². The van der Waals surface area contributed by atoms with Gasteiger partial charge in [0.15, 0.2) is 0 Å². The van der Waals surface area contributed by atoms with E-state index in [9.17, 15) is 27.6 Å². The first kappa shape index (κ1) is 35.7. The minimum Gasteiger partial charge on any atom is -0.497 e. The maximum absolute atomic E-state index is 14.5. The molecule has 4 aliphatic rings. The normalized spacial score (nSPS) is 27.9. The van der Waals surface area contributed by atoms with Crippen molar-refractivity contribution >= 4 is 33.8 Å². The molecule has 1 aromatic rings. The van der Waals surface area contributed by atoms with Gasteiger partial charge in [-0.2, -0.15) is 0 Å². The molecule has 13 nitrogen and oxygen atoms in total. The van der Waals surface area contributed by atoms with Crippen LogP contribution >= 0.6 is 0 Å². The third-order valence-electron chi connectivity index (χ3n) is 10.1. The average Bonchev–Trinajstić information content (AvgIpc) is 3.93. The van der Waals surface area contributed by atoms with Crippen molar-refractivity contribution in [1.82, 2.24) is 20.3 Å². The highest BCUT2D eigenvalue weighted by atomic mass is 32.2. The number of hydrogen-bond donors (Lipinski definition) is 3. The van der Waals surface area contributed by atoms with Gasteiger partial charge < -0.3 is 29.7 Å². The van der Waals surface area contributed by atoms with E-state index in [-0.39, 0.29) is 25.5 Å². The smallest absolute Gasteiger partial charge is 0.408 e. The SMILES string of the molecule is C=C[C@@H]1C[C@]1(NC(=O)[C@@H]1C[C@@](OC)(c2ccc(OC)cc2)CN1C(=O)[C@@H](NC(=O)OC1CCCC1)C(C)(C)C)C(=O)NS(=O)(=O)C1CC1. The third-order valence-corrected chi connectivity index (χ3v) is 11.9. The molecule has 0 radical (unpaired) electrons. The van der Waals surface area contributed by atoms with Gasteiger partial charge in [0.25, 0.3) is 5.91 Å². The number of hydrogen-bond acceptors (Lipinski definition) is 9. The Balaban J connectivity index is 1.45. The maximum atomic E-state index is 14.5. The number of nitrogens with zero attached hydrogens (tertiary/aromatic N) is 1. The van der Waals surface area contributed by atoms with E-state index in [0.29, 0.717) is 24.2 Å². The summed E-state index contributed by atoms with van der Waals surface area (Å²) in [5, 5.41) is 4.95. The summed E-state index contributed by atoms with van der Waals surface area (Å²) in [6.45, 7) is 9.15. The van der Waals surface area contributed by atoms with Crippen LogP contribution in [0.15, 0.2) is 36.9 Å². The summed E-state index contributed by atoms with van der Waals surface area (Å²) in [7, 11) is -0.840. The van der Waals surface area contributed by atoms with Gasteiger partial charge in [-0.3, -0.25) is 19.1 Å². The Kier molecular flexibility index (Phi) is 9.91. The second-order valence-corrected chi connectivity index (χ2v) is 16.5. The molecule has 5 atom stereocenters. The Labute approximate surface area is 282 Å². The van der Waals surface area contributed by atoms with E-state index < -0.39 is 73.6 Å². The van der Waals surface area contributed by atoms with Crippen LogP contribution in [-0.4, -0.2) is 86.9 Å². The molecule has 0 aromatic heterocycles. The van der Waals surface area contributed by atoms with Crippen LogP contribution in [0.25, 0.3) is 0 Å². The molecule has 0 bridgehead atoms. The molecule has 1 saturated heterocycles. The Morgan fingerprint density at radius 2 is 1.67 bits per heavy atom. The van der Waals surface area contributed by atoms with Crippen molar-refractivity contribution in [3.8, 4) is 5.75 Å². The fraction of sp³-hybridized carbons (Fsp3) is 0.647. The molecule has 1 aliphatic heterocycles. The monoisotopic (exact) mass is 688 g/mol. The number of carbonyl (C=O) groups is 4. The number of alkyl carbamates (subject to hydrolysis) is 1. The molecule has 4 fully saturated rings. The Hall–Kier alpha value is -3.65. The van der Waals surface area contributed by atoms with Crippen molar-refractivity contribution in [2.75, 3.05) is 20.8 Å². The number of ether oxygens (including phenoxy) is 3. The van der Waals surface area contributed by atoms with Gasteiger partial charge in [-0.1, -0.05) is 39.0 Å². The third kappa shape index (κ3) is 7.19. The molecule has 1 heterocycles. The van der Waals surface area contributed by atoms with Crippen molar-refractivity contribution in [2.45, 2.75) is 107 Å². The molecule has 4 amide bonds. The highest BCUT2D eigenvalue weighted by Crippen LogP contribution is 2.47. The van der Waals surface area contributed by atoms with Crippen molar-refractivity contribution in [2.24, 2.45) is 11.3 Å². The molecule has 3 saturated carbocycles. The van der Waals surface area contributed by atoms with Crippen molar-refractivity contribution in [1.29, 1.82) is 0 Å². The Bertz CT molecular complexity index is 1530. The van der Waals surface area contributed by atoms with E-state index in [4.69, 9.17) is 14.2 Å². The highest BCUT2D eigenvalue weighted by Gasteiger charge is 2.62. The number of sulfonamides is 1. The van der Waals surface area contributed by atoms with Crippen LogP contribution in [0.2, 0.25) is 0 Å². The molecular formula is C34H48N4O9S. The van der Waals surface area contributed by atoms with Crippen LogP contribution in [0, 0.1) is 11.3 Å². The lowest BCUT2D eigenvalue weighted by Crippen LogP contribution is -2.60. The van der Waals surface area contributed by atoms with Gasteiger partial charge in [-0.25, -0.2) is 13.2 Å². The summed E-state index contributed by atoms with van der Waals surface area (Å²) in [5.74, 6) is -1.91. The van der Waals surface area contributed by atoms with E-state index >= 15 is 0 Å². The Morgan fingerprint density at radius 1 is 1.02 bits per heavy atom. The van der Waals surface area contributed by atoms with Gasteiger partial charge in [-0.05, 0) is 68.1 Å². The quantitative estimate of drug-likeness (QED) is 0.280. The molecular weight excluding hydrogens is 640 g/mol. The zero-order valence-corrected chi connectivity index (χ0v) is 29.2. The summed E-state index contributed by atoms with van der Waals surface area (Å²) in [4.78, 5) is 56.7. The molecule has 5 rings (SSSR count). The predicted octanol–water partition coefficient (Wildman–Crippen LogP) is 2.89. The minimum atomic E-state index is -3.88. The summed E-state index contributed by atoms with van der Waals surface area (Å²) >= 11 is 0. The zero-order valence-electron chi connectivity index (χ0n) is 28.4. The van der Waals surface area contributed by atoms with Crippen LogP contribution in [0.5, 0.6) is 5.75 Å². The van der Waals surface area contributed by atoms with Gasteiger partial charge in [-0.15, -0.1) is 6.58 Å². The standard InChI is InChI=1S/C34H48N4O9S/c1-7-21-18-34(21,30(41)37-48(43,44)25-16-17-25)36-28(39)26-19-33(46-6,22-12-14-23(45-5)15-13-22)20-38(26)29(40)27(32(2,3)4)35-31(42)47-24-10-8-9-11-24/h7,12-15,21,24-27H,1,8-11,16-20H2,2-6H3,(H,35,42)(H,36,39)(H,37,41)/t21-,26+,27-,33+,34-/m1/s1. The first-order valence-corrected chi connectivity index (χ1v) is 18.1. The van der Waals surface area contributed by atoms with Gasteiger partial charge in [0.1, 0.15) is 35.1 Å². The van der Waals surface area contributed by atoms with E-state index in [0.717, 1.165) is 25.7 Å². The molecule has 3 N–H and O–H groups in total. The molecule has 48 heavy (non-hydrogen) atoms. The predicted molar refractivity (Wildman–Crippen MR) is 176 cm³/mol. The number of amides is 4. The lowest BCUT2D eigenvalue weighted by Gasteiger charge is -2.36. The fourth-order valence-corrected chi connectivity index (χ4v) is 8.21. The van der Waals surface area contributed by atoms with Gasteiger partial charge in [0.2, 0.25) is 21.8 Å². The maximum Gasteiger partial charge on any atom is 0.408 e. The first-order valence-electron chi connectivity index (χ1n) is 16.6. The molecule has 0 unspecified atom stereocenters. The topological polar surface area (TPSA) is 169 Å². The lowest BCUT2D eigenvalue weighted by atomic mass is 9.85. The average molecular weight is 689 g/mol. The van der Waals surface area contributed by atoms with Crippen LogP contribution in [0.3, 0.4) is 0 Å². The Morgan fingerprint density at radius 3 is 2.19 bits per heavy atom. The molecule has 14 heteroatoms. The number of methoxy groups -OCH3 is 2. The second kappa shape index (κ2) is 13.3. The number of rotatable bonds is 12. The second-order valence-electron chi connectivity index (χ2n) is 14.6. The van der Waals surface area contributed by atoms with Gasteiger partial charge in [0.05, 0.1) is 18.9 Å². The number of carbonyl (C=O) groups excluding carboxylic acids is 4. The fourth-order valence-electron chi connectivity index (χ4n) is 6.85. The minimum absolute atomic E-state index is 0.0214. The number of benzene rings is 1. The van der Waals surface area contributed by atoms with Crippen LogP contribution in [0.4, 0.5) is 4.79 Å².